The summed E-state index contributed by atoms with van der Waals surface area (Å²) in [4.78, 5) is 9.77. The third kappa shape index (κ3) is 10.0. The lowest BCUT2D eigenvalue weighted by Gasteiger charge is -2.33. The average molecular weight is 453 g/mol. The summed E-state index contributed by atoms with van der Waals surface area (Å²) >= 11 is 0. The fourth-order valence-corrected chi connectivity index (χ4v) is 2.94. The van der Waals surface area contributed by atoms with E-state index >= 15 is 0 Å². The molecule has 1 heterocycles. The van der Waals surface area contributed by atoms with Gasteiger partial charge in [-0.2, -0.15) is 0 Å². The fourth-order valence-electron chi connectivity index (χ4n) is 2.94. The molecule has 0 amide bonds. The van der Waals surface area contributed by atoms with Crippen molar-refractivity contribution in [1.82, 2.24) is 20.4 Å². The minimum absolute atomic E-state index is 0. The Morgan fingerprint density at radius 3 is 2.21 bits per heavy atom. The van der Waals surface area contributed by atoms with E-state index in [-0.39, 0.29) is 24.0 Å². The minimum Gasteiger partial charge on any atom is -0.357 e. The normalized spacial score (nSPS) is 18.3. The van der Waals surface area contributed by atoms with E-state index < -0.39 is 0 Å². The Morgan fingerprint density at radius 1 is 1.04 bits per heavy atom. The van der Waals surface area contributed by atoms with E-state index in [4.69, 9.17) is 4.99 Å². The summed E-state index contributed by atoms with van der Waals surface area (Å²) in [6, 6.07) is 0. The van der Waals surface area contributed by atoms with Crippen molar-refractivity contribution in [2.24, 2.45) is 16.8 Å². The van der Waals surface area contributed by atoms with Gasteiger partial charge in [-0.1, -0.05) is 33.6 Å². The van der Waals surface area contributed by atoms with Gasteiger partial charge in [0.15, 0.2) is 5.96 Å². The number of nitrogens with one attached hydrogen (secondary N) is 2. The zero-order valence-electron chi connectivity index (χ0n) is 16.5. The molecule has 144 valence electrons. The van der Waals surface area contributed by atoms with E-state index in [1.807, 2.05) is 0 Å². The van der Waals surface area contributed by atoms with Crippen molar-refractivity contribution in [2.75, 3.05) is 59.4 Å². The molecule has 1 fully saturated rings. The van der Waals surface area contributed by atoms with Crippen LogP contribution in [0.2, 0.25) is 0 Å². The van der Waals surface area contributed by atoms with Gasteiger partial charge in [0.2, 0.25) is 0 Å². The van der Waals surface area contributed by atoms with Gasteiger partial charge >= 0.3 is 0 Å². The second kappa shape index (κ2) is 14.1. The molecule has 0 saturated carbocycles. The number of hydrogen-bond acceptors (Lipinski definition) is 3. The summed E-state index contributed by atoms with van der Waals surface area (Å²) in [5.74, 6) is 2.31. The molecular formula is C18H40IN5. The van der Waals surface area contributed by atoms with Crippen LogP contribution in [0.25, 0.3) is 0 Å². The van der Waals surface area contributed by atoms with Crippen LogP contribution in [-0.2, 0) is 0 Å². The average Bonchev–Trinajstić information content (AvgIpc) is 2.55. The highest BCUT2D eigenvalue weighted by atomic mass is 127. The van der Waals surface area contributed by atoms with Gasteiger partial charge in [-0.05, 0) is 25.8 Å². The Bertz CT molecular complexity index is 325. The standard InChI is InChI=1S/C18H39N5.HI/c1-6-17(7-2)14-21-18(19-8-3)20-13-16(4)15-23-11-9-22(5)10-12-23;/h16-17H,6-15H2,1-5H3,(H2,19,20,21);1H. The molecule has 1 atom stereocenters. The predicted molar refractivity (Wildman–Crippen MR) is 117 cm³/mol. The predicted octanol–water partition coefficient (Wildman–Crippen LogP) is 2.48. The molecule has 1 aliphatic rings. The van der Waals surface area contributed by atoms with E-state index in [2.05, 4.69) is 55.2 Å². The number of guanidine groups is 1. The summed E-state index contributed by atoms with van der Waals surface area (Å²) in [6.45, 7) is 17.7. The van der Waals surface area contributed by atoms with Crippen LogP contribution in [-0.4, -0.2) is 75.2 Å². The maximum Gasteiger partial charge on any atom is 0.191 e. The van der Waals surface area contributed by atoms with Crippen LogP contribution in [0.3, 0.4) is 0 Å². The van der Waals surface area contributed by atoms with Crippen LogP contribution < -0.4 is 10.6 Å². The zero-order valence-corrected chi connectivity index (χ0v) is 18.8. The monoisotopic (exact) mass is 453 g/mol. The van der Waals surface area contributed by atoms with Gasteiger partial charge < -0.3 is 20.4 Å². The Balaban J connectivity index is 0.00000529. The number of piperazine rings is 1. The molecular weight excluding hydrogens is 413 g/mol. The highest BCUT2D eigenvalue weighted by Crippen LogP contribution is 2.06. The van der Waals surface area contributed by atoms with Crippen LogP contribution in [0, 0.1) is 11.8 Å². The SMILES string of the molecule is CCNC(=NCC(C)CN1CCN(C)CC1)NCC(CC)CC.I. The van der Waals surface area contributed by atoms with Crippen molar-refractivity contribution in [3.63, 3.8) is 0 Å². The Labute approximate surface area is 167 Å². The molecule has 0 aliphatic carbocycles. The molecule has 0 bridgehead atoms. The van der Waals surface area contributed by atoms with Crippen LogP contribution in [0.5, 0.6) is 0 Å². The highest BCUT2D eigenvalue weighted by Gasteiger charge is 2.16. The van der Waals surface area contributed by atoms with Crippen molar-refractivity contribution in [3.8, 4) is 0 Å². The summed E-state index contributed by atoms with van der Waals surface area (Å²) in [6.07, 6.45) is 2.45. The molecule has 0 aromatic heterocycles. The third-order valence-corrected chi connectivity index (χ3v) is 4.78. The molecule has 0 radical (unpaired) electrons. The number of likely N-dealkylation sites (N-methyl/N-ethyl adjacent to an activating group) is 1. The first kappa shape index (κ1) is 23.9. The number of aliphatic imine (C=N–C) groups is 1. The lowest BCUT2D eigenvalue weighted by Crippen LogP contribution is -2.46. The summed E-state index contributed by atoms with van der Waals surface area (Å²) in [5.41, 5.74) is 0. The minimum atomic E-state index is 0. The van der Waals surface area contributed by atoms with E-state index in [0.29, 0.717) is 5.92 Å². The van der Waals surface area contributed by atoms with Crippen LogP contribution >= 0.6 is 24.0 Å². The van der Waals surface area contributed by atoms with E-state index in [1.165, 1.54) is 39.0 Å². The largest absolute Gasteiger partial charge is 0.357 e. The van der Waals surface area contributed by atoms with E-state index in [1.54, 1.807) is 0 Å². The van der Waals surface area contributed by atoms with Gasteiger partial charge in [0.1, 0.15) is 0 Å². The summed E-state index contributed by atoms with van der Waals surface area (Å²) in [5, 5.41) is 6.88. The van der Waals surface area contributed by atoms with Crippen LogP contribution in [0.4, 0.5) is 0 Å². The second-order valence-electron chi connectivity index (χ2n) is 6.99. The maximum atomic E-state index is 4.79. The van der Waals surface area contributed by atoms with Crippen molar-refractivity contribution >= 4 is 29.9 Å². The van der Waals surface area contributed by atoms with Crippen LogP contribution in [0.15, 0.2) is 4.99 Å². The van der Waals surface area contributed by atoms with Crippen molar-refractivity contribution < 1.29 is 0 Å². The number of halogens is 1. The first-order valence-electron chi connectivity index (χ1n) is 9.52. The third-order valence-electron chi connectivity index (χ3n) is 4.78. The fraction of sp³-hybridized carbons (Fsp3) is 0.944. The number of rotatable bonds is 9. The van der Waals surface area contributed by atoms with Gasteiger partial charge in [0.25, 0.3) is 0 Å². The lowest BCUT2D eigenvalue weighted by molar-refractivity contribution is 0.140. The molecule has 0 spiro atoms. The molecule has 5 nitrogen and oxygen atoms in total. The molecule has 2 N–H and O–H groups in total. The maximum absolute atomic E-state index is 4.79. The van der Waals surface area contributed by atoms with E-state index in [0.717, 1.165) is 38.1 Å². The molecule has 1 unspecified atom stereocenters. The van der Waals surface area contributed by atoms with Gasteiger partial charge in [-0.25, -0.2) is 0 Å². The van der Waals surface area contributed by atoms with Crippen molar-refractivity contribution in [3.05, 3.63) is 0 Å². The Hall–Kier alpha value is -0.0800. The van der Waals surface area contributed by atoms with E-state index in [9.17, 15) is 0 Å². The zero-order chi connectivity index (χ0) is 17.1. The highest BCUT2D eigenvalue weighted by molar-refractivity contribution is 14.0. The van der Waals surface area contributed by atoms with Gasteiger partial charge in [-0.3, -0.25) is 4.99 Å². The number of hydrogen-bond donors (Lipinski definition) is 2. The second-order valence-corrected chi connectivity index (χ2v) is 6.99. The Morgan fingerprint density at radius 2 is 1.67 bits per heavy atom. The molecule has 1 saturated heterocycles. The molecule has 1 rings (SSSR count). The van der Waals surface area contributed by atoms with Crippen molar-refractivity contribution in [1.29, 1.82) is 0 Å². The van der Waals surface area contributed by atoms with Crippen molar-refractivity contribution in [2.45, 2.75) is 40.5 Å². The van der Waals surface area contributed by atoms with Gasteiger partial charge in [0.05, 0.1) is 0 Å². The quantitative estimate of drug-likeness (QED) is 0.320. The molecule has 0 aromatic rings. The topological polar surface area (TPSA) is 42.9 Å². The Kier molecular flexibility index (Phi) is 14.1. The number of nitrogens with zero attached hydrogens (tertiary/aromatic N) is 3. The summed E-state index contributed by atoms with van der Waals surface area (Å²) in [7, 11) is 2.21. The van der Waals surface area contributed by atoms with Gasteiger partial charge in [-0.15, -0.1) is 24.0 Å². The van der Waals surface area contributed by atoms with Crippen LogP contribution in [0.1, 0.15) is 40.5 Å². The smallest absolute Gasteiger partial charge is 0.191 e. The first-order valence-corrected chi connectivity index (χ1v) is 9.52. The first-order chi connectivity index (χ1) is 11.1. The molecule has 24 heavy (non-hydrogen) atoms. The molecule has 6 heteroatoms. The summed E-state index contributed by atoms with van der Waals surface area (Å²) < 4.78 is 0. The molecule has 1 aliphatic heterocycles. The lowest BCUT2D eigenvalue weighted by atomic mass is 10.0. The van der Waals surface area contributed by atoms with Gasteiger partial charge in [0, 0.05) is 52.4 Å². The molecule has 0 aromatic carbocycles.